The van der Waals surface area contributed by atoms with E-state index in [9.17, 15) is 9.59 Å². The van der Waals surface area contributed by atoms with Crippen LogP contribution in [0.5, 0.6) is 0 Å². The van der Waals surface area contributed by atoms with Crippen molar-refractivity contribution in [2.75, 3.05) is 0 Å². The van der Waals surface area contributed by atoms with Gasteiger partial charge >= 0.3 is 5.97 Å². The summed E-state index contributed by atoms with van der Waals surface area (Å²) in [6, 6.07) is 19.1. The molecule has 5 nitrogen and oxygen atoms in total. The Kier molecular flexibility index (Phi) is 5.71. The first kappa shape index (κ1) is 17.8. The first-order valence-electron chi connectivity index (χ1n) is 7.95. The third-order valence-corrected chi connectivity index (χ3v) is 3.92. The number of rotatable bonds is 6. The van der Waals surface area contributed by atoms with E-state index in [1.54, 1.807) is 30.3 Å². The number of ether oxygens (including phenoxy) is 1. The molecule has 3 aromatic rings. The third-order valence-electron chi connectivity index (χ3n) is 3.67. The minimum Gasteiger partial charge on any atom is -0.457 e. The lowest BCUT2D eigenvalue weighted by atomic mass is 10.1. The fraction of sp³-hybridized carbons (Fsp3) is 0.100. The number of benzene rings is 2. The van der Waals surface area contributed by atoms with Crippen molar-refractivity contribution in [3.05, 3.63) is 94.9 Å². The average Bonchev–Trinajstić information content (AvgIpc) is 3.21. The Morgan fingerprint density at radius 2 is 1.73 bits per heavy atom. The molecule has 26 heavy (non-hydrogen) atoms. The Bertz CT molecular complexity index is 861. The molecule has 0 radical (unpaired) electrons. The van der Waals surface area contributed by atoms with Crippen LogP contribution in [-0.4, -0.2) is 11.9 Å². The van der Waals surface area contributed by atoms with E-state index in [0.29, 0.717) is 17.1 Å². The molecule has 1 unspecified atom stereocenters. The molecule has 0 saturated heterocycles. The zero-order valence-corrected chi connectivity index (χ0v) is 14.5. The summed E-state index contributed by atoms with van der Waals surface area (Å²) in [6.45, 7) is 0.321. The molecule has 0 spiro atoms. The molecule has 1 N–H and O–H groups in total. The lowest BCUT2D eigenvalue weighted by molar-refractivity contribution is -0.130. The zero-order chi connectivity index (χ0) is 18.4. The van der Waals surface area contributed by atoms with Crippen LogP contribution < -0.4 is 5.32 Å². The van der Waals surface area contributed by atoms with Gasteiger partial charge in [-0.25, -0.2) is 4.79 Å². The molecule has 3 rings (SSSR count). The van der Waals surface area contributed by atoms with Crippen LogP contribution in [0.25, 0.3) is 0 Å². The number of hydrogen-bond donors (Lipinski definition) is 1. The fourth-order valence-corrected chi connectivity index (χ4v) is 2.47. The first-order chi connectivity index (χ1) is 12.6. The monoisotopic (exact) mass is 369 g/mol. The highest BCUT2D eigenvalue weighted by molar-refractivity contribution is 6.30. The van der Waals surface area contributed by atoms with Crippen LogP contribution in [-0.2, 0) is 16.1 Å². The van der Waals surface area contributed by atoms with Crippen molar-refractivity contribution in [3.63, 3.8) is 0 Å². The predicted octanol–water partition coefficient (Wildman–Crippen LogP) is 4.15. The van der Waals surface area contributed by atoms with E-state index in [0.717, 1.165) is 5.56 Å². The summed E-state index contributed by atoms with van der Waals surface area (Å²) in [5.74, 6) is -1.12. The van der Waals surface area contributed by atoms with Gasteiger partial charge in [0.15, 0.2) is 0 Å². The Hall–Kier alpha value is -3.05. The van der Waals surface area contributed by atoms with Gasteiger partial charge in [-0.1, -0.05) is 54.1 Å². The quantitative estimate of drug-likeness (QED) is 0.663. The van der Waals surface area contributed by atoms with Gasteiger partial charge in [-0.3, -0.25) is 4.79 Å². The van der Waals surface area contributed by atoms with E-state index in [-0.39, 0.29) is 5.76 Å². The lowest BCUT2D eigenvalue weighted by Crippen LogP contribution is -2.31. The first-order valence-corrected chi connectivity index (χ1v) is 8.33. The second-order valence-corrected chi connectivity index (χ2v) is 5.95. The van der Waals surface area contributed by atoms with Gasteiger partial charge in [0.05, 0.1) is 6.26 Å². The van der Waals surface area contributed by atoms with Gasteiger partial charge < -0.3 is 14.5 Å². The van der Waals surface area contributed by atoms with Crippen LogP contribution in [0.3, 0.4) is 0 Å². The molecule has 1 aromatic heterocycles. The maximum Gasteiger partial charge on any atom is 0.375 e. The molecule has 0 aliphatic carbocycles. The normalized spacial score (nSPS) is 11.6. The summed E-state index contributed by atoms with van der Waals surface area (Å²) in [5, 5.41) is 3.31. The van der Waals surface area contributed by atoms with E-state index in [4.69, 9.17) is 20.8 Å². The number of halogens is 1. The molecule has 1 heterocycles. The minimum atomic E-state index is -1.12. The average molecular weight is 370 g/mol. The highest BCUT2D eigenvalue weighted by atomic mass is 35.5. The standard InChI is InChI=1S/C20H16ClNO4/c21-16-10-8-15(9-11-16)18(26-20(24)17-7-4-12-25-17)19(23)22-13-14-5-2-1-3-6-14/h1-12,18H,13H2,(H,22,23). The van der Waals surface area contributed by atoms with E-state index < -0.39 is 18.0 Å². The largest absolute Gasteiger partial charge is 0.457 e. The van der Waals surface area contributed by atoms with E-state index in [1.165, 1.54) is 12.3 Å². The third kappa shape index (κ3) is 4.52. The molecule has 6 heteroatoms. The molecule has 0 saturated carbocycles. The maximum absolute atomic E-state index is 12.7. The van der Waals surface area contributed by atoms with Crippen molar-refractivity contribution in [2.45, 2.75) is 12.6 Å². The maximum atomic E-state index is 12.7. The highest BCUT2D eigenvalue weighted by Crippen LogP contribution is 2.22. The molecule has 0 bridgehead atoms. The molecule has 0 aliphatic heterocycles. The summed E-state index contributed by atoms with van der Waals surface area (Å²) >= 11 is 5.90. The molecule has 0 aliphatic rings. The van der Waals surface area contributed by atoms with Gasteiger partial charge in [0.2, 0.25) is 11.9 Å². The van der Waals surface area contributed by atoms with Crippen LogP contribution in [0.15, 0.2) is 77.4 Å². The highest BCUT2D eigenvalue weighted by Gasteiger charge is 2.26. The summed E-state index contributed by atoms with van der Waals surface area (Å²) in [5.41, 5.74) is 1.45. The van der Waals surface area contributed by atoms with Crippen molar-refractivity contribution in [2.24, 2.45) is 0 Å². The van der Waals surface area contributed by atoms with Gasteiger partial charge in [0, 0.05) is 17.1 Å². The lowest BCUT2D eigenvalue weighted by Gasteiger charge is -2.17. The van der Waals surface area contributed by atoms with Crippen LogP contribution >= 0.6 is 11.6 Å². The van der Waals surface area contributed by atoms with E-state index in [2.05, 4.69) is 5.32 Å². The molecule has 132 valence electrons. The predicted molar refractivity (Wildman–Crippen MR) is 96.6 cm³/mol. The van der Waals surface area contributed by atoms with Gasteiger partial charge in [-0.2, -0.15) is 0 Å². The van der Waals surface area contributed by atoms with Gasteiger partial charge in [0.1, 0.15) is 0 Å². The van der Waals surface area contributed by atoms with Crippen molar-refractivity contribution >= 4 is 23.5 Å². The fourth-order valence-electron chi connectivity index (χ4n) is 2.35. The molecule has 2 aromatic carbocycles. The van der Waals surface area contributed by atoms with Gasteiger partial charge in [-0.15, -0.1) is 0 Å². The summed E-state index contributed by atoms with van der Waals surface area (Å²) in [6.07, 6.45) is 0.247. The van der Waals surface area contributed by atoms with Crippen molar-refractivity contribution in [1.29, 1.82) is 0 Å². The van der Waals surface area contributed by atoms with Gasteiger partial charge in [0.25, 0.3) is 5.91 Å². The SMILES string of the molecule is O=C(OC(C(=O)NCc1ccccc1)c1ccc(Cl)cc1)c1ccco1. The van der Waals surface area contributed by atoms with Crippen molar-refractivity contribution < 1.29 is 18.7 Å². The zero-order valence-electron chi connectivity index (χ0n) is 13.7. The Morgan fingerprint density at radius 3 is 2.38 bits per heavy atom. The van der Waals surface area contributed by atoms with E-state index >= 15 is 0 Å². The van der Waals surface area contributed by atoms with Gasteiger partial charge in [-0.05, 0) is 29.8 Å². The van der Waals surface area contributed by atoms with Crippen molar-refractivity contribution in [1.82, 2.24) is 5.32 Å². The number of hydrogen-bond acceptors (Lipinski definition) is 4. The minimum absolute atomic E-state index is 0.0276. The molecule has 1 atom stereocenters. The van der Waals surface area contributed by atoms with Crippen LogP contribution in [0.4, 0.5) is 0 Å². The number of carbonyl (C=O) groups excluding carboxylic acids is 2. The molecule has 0 fully saturated rings. The number of furan rings is 1. The molecule has 1 amide bonds. The Labute approximate surface area is 155 Å². The topological polar surface area (TPSA) is 68.5 Å². The number of nitrogens with one attached hydrogen (secondary N) is 1. The molecular formula is C20H16ClNO4. The van der Waals surface area contributed by atoms with Crippen LogP contribution in [0, 0.1) is 0 Å². The number of amides is 1. The van der Waals surface area contributed by atoms with Crippen molar-refractivity contribution in [3.8, 4) is 0 Å². The summed E-state index contributed by atoms with van der Waals surface area (Å²) in [4.78, 5) is 24.9. The number of esters is 1. The smallest absolute Gasteiger partial charge is 0.375 e. The van der Waals surface area contributed by atoms with Crippen LogP contribution in [0.2, 0.25) is 5.02 Å². The van der Waals surface area contributed by atoms with Crippen LogP contribution in [0.1, 0.15) is 27.8 Å². The summed E-state index contributed by atoms with van der Waals surface area (Å²) in [7, 11) is 0. The van der Waals surface area contributed by atoms with E-state index in [1.807, 2.05) is 30.3 Å². The second kappa shape index (κ2) is 8.36. The number of carbonyl (C=O) groups is 2. The second-order valence-electron chi connectivity index (χ2n) is 5.52. The Morgan fingerprint density at radius 1 is 1.00 bits per heavy atom. The summed E-state index contributed by atoms with van der Waals surface area (Å²) < 4.78 is 10.4. The molecular weight excluding hydrogens is 354 g/mol. The Balaban J connectivity index is 1.76.